The van der Waals surface area contributed by atoms with Gasteiger partial charge in [-0.05, 0) is 0 Å². The standard InChI is InChI=1S/C9H12N2O8/c12-3-4-6(14)9(16,17)7(19-4)10-2-1-5(13)11(18)8(10)15/h1-2,4,6-7,11-12,14,16-17H,3H2/t4-,6-,7-/m1/s1. The van der Waals surface area contributed by atoms with Gasteiger partial charge in [-0.3, -0.25) is 0 Å². The zero-order valence-electron chi connectivity index (χ0n) is 9.46. The highest BCUT2D eigenvalue weighted by Gasteiger charge is 2.58. The molecule has 4 atom stereocenters. The molecule has 106 valence electrons. The molecule has 0 aromatic rings. The predicted molar refractivity (Wildman–Crippen MR) is 54.6 cm³/mol. The van der Waals surface area contributed by atoms with Gasteiger partial charge in [-0.15, -0.1) is 0 Å². The second-order valence-electron chi connectivity index (χ2n) is 4.16. The third-order valence-electron chi connectivity index (χ3n) is 2.93. The van der Waals surface area contributed by atoms with Crippen LogP contribution in [0.1, 0.15) is 0 Å². The molecule has 1 saturated heterocycles. The molecule has 2 aliphatic rings. The second kappa shape index (κ2) is 4.61. The zero-order valence-corrected chi connectivity index (χ0v) is 9.46. The van der Waals surface area contributed by atoms with Crippen molar-refractivity contribution in [2.24, 2.45) is 0 Å². The van der Waals surface area contributed by atoms with Gasteiger partial charge in [-0.2, -0.15) is 0 Å². The fourth-order valence-electron chi connectivity index (χ4n) is 1.87. The van der Waals surface area contributed by atoms with E-state index in [1.54, 1.807) is 0 Å². The van der Waals surface area contributed by atoms with E-state index in [-0.39, 0.29) is 0 Å². The van der Waals surface area contributed by atoms with Crippen LogP contribution in [0.15, 0.2) is 12.3 Å². The Labute approximate surface area is 106 Å². The predicted octanol–water partition coefficient (Wildman–Crippen LogP) is -4.40. The molecule has 5 N–H and O–H groups in total. The maximum Gasteiger partial charge on any atom is 0.431 e. The smallest absolute Gasteiger partial charge is 0.431 e. The Bertz CT molecular complexity index is 436. The largest absolute Gasteiger partial charge is 0.617 e. The van der Waals surface area contributed by atoms with Crippen LogP contribution in [0, 0.1) is 5.21 Å². The molecular formula is C9H12N2O8. The lowest BCUT2D eigenvalue weighted by atomic mass is 10.1. The number of urea groups is 1. The summed E-state index contributed by atoms with van der Waals surface area (Å²) in [7, 11) is 0. The zero-order chi connectivity index (χ0) is 14.4. The van der Waals surface area contributed by atoms with Crippen molar-refractivity contribution in [1.29, 1.82) is 0 Å². The van der Waals surface area contributed by atoms with Crippen molar-refractivity contribution in [1.82, 2.24) is 4.90 Å². The number of nitrogens with zero attached hydrogens (tertiary/aromatic N) is 1. The quantitative estimate of drug-likeness (QED) is 0.250. The summed E-state index contributed by atoms with van der Waals surface area (Å²) in [6.07, 6.45) is -3.41. The number of carbonyl (C=O) groups is 2. The minimum Gasteiger partial charge on any atom is -0.617 e. The van der Waals surface area contributed by atoms with Gasteiger partial charge in [0.05, 0.1) is 12.7 Å². The van der Waals surface area contributed by atoms with Crippen LogP contribution in [0.4, 0.5) is 4.79 Å². The Balaban J connectivity index is 2.30. The molecule has 3 amide bonds. The molecular weight excluding hydrogens is 264 g/mol. The Kier molecular flexibility index (Phi) is 3.40. The van der Waals surface area contributed by atoms with Crippen LogP contribution in [0.25, 0.3) is 0 Å². The van der Waals surface area contributed by atoms with E-state index in [0.29, 0.717) is 4.90 Å². The van der Waals surface area contributed by atoms with Crippen LogP contribution in [-0.4, -0.2) is 68.1 Å². The van der Waals surface area contributed by atoms with Crippen molar-refractivity contribution >= 4 is 11.9 Å². The van der Waals surface area contributed by atoms with E-state index in [0.717, 1.165) is 12.3 Å². The topological polar surface area (TPSA) is 155 Å². The molecule has 1 fully saturated rings. The van der Waals surface area contributed by atoms with Crippen LogP contribution in [0.5, 0.6) is 0 Å². The fourth-order valence-corrected chi connectivity index (χ4v) is 1.87. The molecule has 0 saturated carbocycles. The van der Waals surface area contributed by atoms with Gasteiger partial charge < -0.3 is 30.4 Å². The number of aliphatic hydroxyl groups is 4. The van der Waals surface area contributed by atoms with Crippen molar-refractivity contribution in [3.63, 3.8) is 0 Å². The SMILES string of the molecule is O=C1C=CN([C@@H]2O[C@H](CO)[C@@H](O)C2(O)O)C(=O)[NH+]1[O-]. The Morgan fingerprint density at radius 3 is 2.63 bits per heavy atom. The van der Waals surface area contributed by atoms with Crippen LogP contribution in [0.3, 0.4) is 0 Å². The molecule has 0 aromatic heterocycles. The summed E-state index contributed by atoms with van der Waals surface area (Å²) in [5.41, 5.74) is 0. The maximum absolute atomic E-state index is 11.6. The van der Waals surface area contributed by atoms with Crippen LogP contribution >= 0.6 is 0 Å². The fraction of sp³-hybridized carbons (Fsp3) is 0.556. The molecule has 0 aromatic carbocycles. The Hall–Kier alpha value is -1.40. The van der Waals surface area contributed by atoms with Gasteiger partial charge in [0, 0.05) is 6.20 Å². The van der Waals surface area contributed by atoms with E-state index in [2.05, 4.69) is 0 Å². The summed E-state index contributed by atoms with van der Waals surface area (Å²) in [5, 5.41) is 47.7. The van der Waals surface area contributed by atoms with Gasteiger partial charge in [-0.1, -0.05) is 0 Å². The van der Waals surface area contributed by atoms with E-state index >= 15 is 0 Å². The summed E-state index contributed by atoms with van der Waals surface area (Å²) in [4.78, 5) is 23.0. The minimum atomic E-state index is -2.88. The normalized spacial score (nSPS) is 38.1. The van der Waals surface area contributed by atoms with E-state index in [1.165, 1.54) is 0 Å². The summed E-state index contributed by atoms with van der Waals surface area (Å²) in [6.45, 7) is -0.723. The number of rotatable bonds is 2. The van der Waals surface area contributed by atoms with Gasteiger partial charge in [0.15, 0.2) is 6.23 Å². The number of hydrogen-bond acceptors (Lipinski definition) is 8. The monoisotopic (exact) mass is 276 g/mol. The van der Waals surface area contributed by atoms with E-state index in [9.17, 15) is 30.1 Å². The van der Waals surface area contributed by atoms with Crippen molar-refractivity contribution < 1.29 is 39.8 Å². The van der Waals surface area contributed by atoms with E-state index < -0.39 is 47.8 Å². The molecule has 0 aliphatic carbocycles. The van der Waals surface area contributed by atoms with Gasteiger partial charge in [0.25, 0.3) is 0 Å². The number of quaternary nitrogens is 1. The second-order valence-corrected chi connectivity index (χ2v) is 4.16. The first-order valence-electron chi connectivity index (χ1n) is 5.29. The Morgan fingerprint density at radius 2 is 2.11 bits per heavy atom. The molecule has 1 unspecified atom stereocenters. The first-order chi connectivity index (χ1) is 8.80. The summed E-state index contributed by atoms with van der Waals surface area (Å²) in [6, 6.07) is -1.31. The molecule has 2 aliphatic heterocycles. The number of carbonyl (C=O) groups excluding carboxylic acids is 2. The lowest BCUT2D eigenvalue weighted by Gasteiger charge is -2.34. The third-order valence-corrected chi connectivity index (χ3v) is 2.93. The number of imide groups is 1. The number of hydroxylamine groups is 2. The number of amides is 3. The van der Waals surface area contributed by atoms with Gasteiger partial charge >= 0.3 is 11.9 Å². The first-order valence-corrected chi connectivity index (χ1v) is 5.29. The molecule has 0 spiro atoms. The number of nitrogens with one attached hydrogen (secondary N) is 1. The summed E-state index contributed by atoms with van der Waals surface area (Å²) in [5.74, 6) is -3.92. The first kappa shape index (κ1) is 14.0. The number of ether oxygens (including phenoxy) is 1. The molecule has 10 nitrogen and oxygen atoms in total. The van der Waals surface area contributed by atoms with Crippen LogP contribution in [0.2, 0.25) is 0 Å². The molecule has 0 radical (unpaired) electrons. The van der Waals surface area contributed by atoms with E-state index in [1.807, 2.05) is 0 Å². The highest BCUT2D eigenvalue weighted by Crippen LogP contribution is 2.31. The van der Waals surface area contributed by atoms with Gasteiger partial charge in [0.1, 0.15) is 12.2 Å². The minimum absolute atomic E-state index is 0.489. The maximum atomic E-state index is 11.6. The highest BCUT2D eigenvalue weighted by molar-refractivity contribution is 5.90. The third kappa shape index (κ3) is 2.04. The molecule has 0 bridgehead atoms. The average molecular weight is 276 g/mol. The molecule has 2 rings (SSSR count). The lowest BCUT2D eigenvalue weighted by Crippen LogP contribution is -3.14. The number of hydrogen-bond donors (Lipinski definition) is 5. The van der Waals surface area contributed by atoms with Crippen molar-refractivity contribution in [2.45, 2.75) is 24.2 Å². The van der Waals surface area contributed by atoms with Crippen molar-refractivity contribution in [2.75, 3.05) is 6.61 Å². The highest BCUT2D eigenvalue weighted by atomic mass is 16.6. The van der Waals surface area contributed by atoms with E-state index in [4.69, 9.17) is 9.84 Å². The van der Waals surface area contributed by atoms with Crippen LogP contribution in [-0.2, 0) is 9.53 Å². The average Bonchev–Trinajstić information content (AvgIpc) is 2.59. The van der Waals surface area contributed by atoms with Crippen LogP contribution < -0.4 is 5.06 Å². The van der Waals surface area contributed by atoms with Gasteiger partial charge in [0.2, 0.25) is 5.79 Å². The molecule has 2 heterocycles. The summed E-state index contributed by atoms with van der Waals surface area (Å²) < 4.78 is 4.92. The lowest BCUT2D eigenvalue weighted by molar-refractivity contribution is -0.676. The summed E-state index contributed by atoms with van der Waals surface area (Å²) >= 11 is 0. The number of aliphatic hydroxyl groups excluding tert-OH is 2. The van der Waals surface area contributed by atoms with Gasteiger partial charge in [-0.25, -0.2) is 19.6 Å². The van der Waals surface area contributed by atoms with Crippen molar-refractivity contribution in [3.8, 4) is 0 Å². The molecule has 10 heteroatoms. The molecule has 19 heavy (non-hydrogen) atoms. The van der Waals surface area contributed by atoms with Crippen molar-refractivity contribution in [3.05, 3.63) is 17.5 Å². The Morgan fingerprint density at radius 1 is 1.47 bits per heavy atom.